The standard InChI is InChI=1S/C15H16O4/c1-19-15-11(3-2-4-14(15)18)6-5-10-7-12(16)9-13(17)8-10/h2-4,7-9,16-18H,5-6H2,1H3. The molecule has 0 heterocycles. The Morgan fingerprint density at radius 1 is 0.947 bits per heavy atom. The molecular formula is C15H16O4. The second-order valence-electron chi connectivity index (χ2n) is 4.33. The number of benzene rings is 2. The number of phenolic OH excluding ortho intramolecular Hbond substituents is 3. The number of para-hydroxylation sites is 1. The van der Waals surface area contributed by atoms with Gasteiger partial charge >= 0.3 is 0 Å². The third kappa shape index (κ3) is 3.10. The van der Waals surface area contributed by atoms with Gasteiger partial charge in [0, 0.05) is 6.07 Å². The zero-order valence-corrected chi connectivity index (χ0v) is 10.6. The van der Waals surface area contributed by atoms with Crippen LogP contribution in [0, 0.1) is 0 Å². The summed E-state index contributed by atoms with van der Waals surface area (Å²) in [5.41, 5.74) is 1.70. The average Bonchev–Trinajstić information content (AvgIpc) is 2.35. The third-order valence-corrected chi connectivity index (χ3v) is 2.93. The van der Waals surface area contributed by atoms with Crippen LogP contribution < -0.4 is 4.74 Å². The quantitative estimate of drug-likeness (QED) is 0.790. The molecule has 0 spiro atoms. The molecule has 0 atom stereocenters. The summed E-state index contributed by atoms with van der Waals surface area (Å²) in [6.07, 6.45) is 1.27. The van der Waals surface area contributed by atoms with Gasteiger partial charge < -0.3 is 20.1 Å². The van der Waals surface area contributed by atoms with Gasteiger partial charge in [0.2, 0.25) is 0 Å². The summed E-state index contributed by atoms with van der Waals surface area (Å²) in [6, 6.07) is 9.71. The highest BCUT2D eigenvalue weighted by molar-refractivity contribution is 5.46. The van der Waals surface area contributed by atoms with E-state index < -0.39 is 0 Å². The molecule has 0 saturated carbocycles. The van der Waals surface area contributed by atoms with Gasteiger partial charge in [-0.15, -0.1) is 0 Å². The number of aromatic hydroxyl groups is 3. The van der Waals surface area contributed by atoms with Crippen molar-refractivity contribution in [2.24, 2.45) is 0 Å². The first kappa shape index (κ1) is 13.1. The Morgan fingerprint density at radius 3 is 2.26 bits per heavy atom. The second-order valence-corrected chi connectivity index (χ2v) is 4.33. The average molecular weight is 260 g/mol. The number of methoxy groups -OCH3 is 1. The van der Waals surface area contributed by atoms with E-state index in [1.54, 1.807) is 24.3 Å². The SMILES string of the molecule is COc1c(O)cccc1CCc1cc(O)cc(O)c1. The number of ether oxygens (including phenoxy) is 1. The molecule has 19 heavy (non-hydrogen) atoms. The molecule has 0 radical (unpaired) electrons. The second kappa shape index (κ2) is 5.52. The maximum Gasteiger partial charge on any atom is 0.163 e. The van der Waals surface area contributed by atoms with E-state index in [0.717, 1.165) is 11.1 Å². The zero-order valence-electron chi connectivity index (χ0n) is 10.6. The fraction of sp³-hybridized carbons (Fsp3) is 0.200. The summed E-state index contributed by atoms with van der Waals surface area (Å²) in [5.74, 6) is 0.654. The monoisotopic (exact) mass is 260 g/mol. The van der Waals surface area contributed by atoms with Crippen LogP contribution in [0.2, 0.25) is 0 Å². The van der Waals surface area contributed by atoms with Gasteiger partial charge in [0.25, 0.3) is 0 Å². The first-order valence-corrected chi connectivity index (χ1v) is 5.97. The molecule has 4 heteroatoms. The van der Waals surface area contributed by atoms with Crippen LogP contribution in [-0.2, 0) is 12.8 Å². The molecule has 0 aliphatic heterocycles. The number of rotatable bonds is 4. The Balaban J connectivity index is 2.16. The first-order chi connectivity index (χ1) is 9.10. The molecular weight excluding hydrogens is 244 g/mol. The molecule has 0 amide bonds. The van der Waals surface area contributed by atoms with Gasteiger partial charge in [-0.2, -0.15) is 0 Å². The predicted molar refractivity (Wildman–Crippen MR) is 71.8 cm³/mol. The molecule has 3 N–H and O–H groups in total. The Labute approximate surface area is 111 Å². The highest BCUT2D eigenvalue weighted by Crippen LogP contribution is 2.31. The number of phenols is 3. The maximum atomic E-state index is 9.67. The van der Waals surface area contributed by atoms with Crippen molar-refractivity contribution in [3.63, 3.8) is 0 Å². The molecule has 0 aromatic heterocycles. The van der Waals surface area contributed by atoms with Gasteiger partial charge in [-0.25, -0.2) is 0 Å². The van der Waals surface area contributed by atoms with Crippen molar-refractivity contribution in [2.75, 3.05) is 7.11 Å². The number of aryl methyl sites for hydroxylation is 2. The van der Waals surface area contributed by atoms with Gasteiger partial charge in [-0.1, -0.05) is 12.1 Å². The Morgan fingerprint density at radius 2 is 1.63 bits per heavy atom. The van der Waals surface area contributed by atoms with Crippen LogP contribution in [0.5, 0.6) is 23.0 Å². The van der Waals surface area contributed by atoms with E-state index in [0.29, 0.717) is 18.6 Å². The van der Waals surface area contributed by atoms with Gasteiger partial charge in [-0.3, -0.25) is 0 Å². The summed E-state index contributed by atoms with van der Waals surface area (Å²) >= 11 is 0. The van der Waals surface area contributed by atoms with E-state index in [-0.39, 0.29) is 17.2 Å². The van der Waals surface area contributed by atoms with Crippen molar-refractivity contribution in [1.82, 2.24) is 0 Å². The minimum absolute atomic E-state index is 0.0397. The number of hydrogen-bond donors (Lipinski definition) is 3. The smallest absolute Gasteiger partial charge is 0.163 e. The lowest BCUT2D eigenvalue weighted by atomic mass is 10.0. The lowest BCUT2D eigenvalue weighted by Crippen LogP contribution is -1.96. The van der Waals surface area contributed by atoms with E-state index in [1.165, 1.54) is 13.2 Å². The molecule has 0 saturated heterocycles. The predicted octanol–water partition coefficient (Wildman–Crippen LogP) is 2.60. The van der Waals surface area contributed by atoms with E-state index in [2.05, 4.69) is 0 Å². The van der Waals surface area contributed by atoms with Crippen LogP contribution in [-0.4, -0.2) is 22.4 Å². The lowest BCUT2D eigenvalue weighted by molar-refractivity contribution is 0.369. The summed E-state index contributed by atoms with van der Waals surface area (Å²) in [7, 11) is 1.51. The molecule has 0 fully saturated rings. The normalized spacial score (nSPS) is 10.4. The van der Waals surface area contributed by atoms with Gasteiger partial charge in [0.05, 0.1) is 7.11 Å². The Kier molecular flexibility index (Phi) is 3.80. The van der Waals surface area contributed by atoms with Crippen LogP contribution in [0.15, 0.2) is 36.4 Å². The van der Waals surface area contributed by atoms with Crippen LogP contribution in [0.4, 0.5) is 0 Å². The summed E-state index contributed by atoms with van der Waals surface area (Å²) in [6.45, 7) is 0. The molecule has 2 aromatic rings. The highest BCUT2D eigenvalue weighted by atomic mass is 16.5. The van der Waals surface area contributed by atoms with E-state index in [1.807, 2.05) is 6.07 Å². The van der Waals surface area contributed by atoms with Crippen molar-refractivity contribution in [2.45, 2.75) is 12.8 Å². The molecule has 2 rings (SSSR count). The van der Waals surface area contributed by atoms with Crippen molar-refractivity contribution in [3.8, 4) is 23.0 Å². The first-order valence-electron chi connectivity index (χ1n) is 5.97. The summed E-state index contributed by atoms with van der Waals surface area (Å²) < 4.78 is 5.16. The van der Waals surface area contributed by atoms with Gasteiger partial charge in [-0.05, 0) is 42.2 Å². The van der Waals surface area contributed by atoms with Crippen LogP contribution in [0.25, 0.3) is 0 Å². The lowest BCUT2D eigenvalue weighted by Gasteiger charge is -2.10. The Hall–Kier alpha value is -2.36. The molecule has 4 nitrogen and oxygen atoms in total. The highest BCUT2D eigenvalue weighted by Gasteiger charge is 2.08. The van der Waals surface area contributed by atoms with E-state index in [9.17, 15) is 15.3 Å². The molecule has 0 aliphatic carbocycles. The van der Waals surface area contributed by atoms with Crippen LogP contribution >= 0.6 is 0 Å². The van der Waals surface area contributed by atoms with Crippen molar-refractivity contribution >= 4 is 0 Å². The van der Waals surface area contributed by atoms with Crippen molar-refractivity contribution in [1.29, 1.82) is 0 Å². The topological polar surface area (TPSA) is 69.9 Å². The Bertz CT molecular complexity index is 558. The van der Waals surface area contributed by atoms with Crippen molar-refractivity contribution in [3.05, 3.63) is 47.5 Å². The molecule has 0 bridgehead atoms. The van der Waals surface area contributed by atoms with Crippen LogP contribution in [0.3, 0.4) is 0 Å². The fourth-order valence-electron chi connectivity index (χ4n) is 2.08. The van der Waals surface area contributed by atoms with E-state index >= 15 is 0 Å². The largest absolute Gasteiger partial charge is 0.508 e. The molecule has 2 aromatic carbocycles. The maximum absolute atomic E-state index is 9.67. The van der Waals surface area contributed by atoms with E-state index in [4.69, 9.17) is 4.74 Å². The minimum Gasteiger partial charge on any atom is -0.508 e. The number of hydrogen-bond acceptors (Lipinski definition) is 4. The third-order valence-electron chi connectivity index (χ3n) is 2.93. The minimum atomic E-state index is 0.0397. The molecule has 0 aliphatic rings. The van der Waals surface area contributed by atoms with Gasteiger partial charge in [0.15, 0.2) is 11.5 Å². The molecule has 100 valence electrons. The summed E-state index contributed by atoms with van der Waals surface area (Å²) in [4.78, 5) is 0. The zero-order chi connectivity index (χ0) is 13.8. The fourth-order valence-corrected chi connectivity index (χ4v) is 2.08. The summed E-state index contributed by atoms with van der Waals surface area (Å²) in [5, 5.41) is 28.5. The van der Waals surface area contributed by atoms with Crippen molar-refractivity contribution < 1.29 is 20.1 Å². The van der Waals surface area contributed by atoms with Crippen LogP contribution in [0.1, 0.15) is 11.1 Å². The molecule has 0 unspecified atom stereocenters. The van der Waals surface area contributed by atoms with Gasteiger partial charge in [0.1, 0.15) is 11.5 Å².